The van der Waals surface area contributed by atoms with Crippen molar-refractivity contribution in [2.75, 3.05) is 60.7 Å². The normalized spacial score (nSPS) is 11.2. The highest BCUT2D eigenvalue weighted by Gasteiger charge is 1.92. The molecule has 0 amide bonds. The van der Waals surface area contributed by atoms with Crippen LogP contribution in [0, 0.1) is 0 Å². The molecule has 0 aliphatic rings. The predicted octanol–water partition coefficient (Wildman–Crippen LogP) is 0.971. The summed E-state index contributed by atoms with van der Waals surface area (Å²) in [6, 6.07) is 0. The third-order valence-corrected chi connectivity index (χ3v) is 2.28. The van der Waals surface area contributed by atoms with E-state index in [1.165, 1.54) is 12.8 Å². The van der Waals surface area contributed by atoms with Crippen LogP contribution >= 0.6 is 0 Å². The van der Waals surface area contributed by atoms with E-state index in [-0.39, 0.29) is 0 Å². The van der Waals surface area contributed by atoms with Gasteiger partial charge in [0, 0.05) is 13.7 Å². The molecule has 0 atom stereocenters. The van der Waals surface area contributed by atoms with E-state index in [2.05, 4.69) is 24.3 Å². The van der Waals surface area contributed by atoms with Crippen LogP contribution in [0.15, 0.2) is 0 Å². The summed E-state index contributed by atoms with van der Waals surface area (Å²) in [6.07, 6.45) is 3.54. The summed E-state index contributed by atoms with van der Waals surface area (Å²) >= 11 is 0. The van der Waals surface area contributed by atoms with E-state index >= 15 is 0 Å². The molecule has 0 bridgehead atoms. The zero-order chi connectivity index (χ0) is 12.1. The molecule has 0 aromatic carbocycles. The van der Waals surface area contributed by atoms with Crippen molar-refractivity contribution >= 4 is 0 Å². The highest BCUT2D eigenvalue weighted by atomic mass is 16.5. The average Bonchev–Trinajstić information content (AvgIpc) is 2.25. The Labute approximate surface area is 100 Å². The van der Waals surface area contributed by atoms with Crippen LogP contribution < -0.4 is 5.32 Å². The lowest BCUT2D eigenvalue weighted by Gasteiger charge is -2.09. The fraction of sp³-hybridized carbons (Fsp3) is 1.00. The van der Waals surface area contributed by atoms with Crippen LogP contribution in [-0.4, -0.2) is 65.6 Å². The third-order valence-electron chi connectivity index (χ3n) is 2.28. The first kappa shape index (κ1) is 15.8. The summed E-state index contributed by atoms with van der Waals surface area (Å²) in [4.78, 5) is 2.21. The maximum Gasteiger partial charge on any atom is 0.0700 e. The van der Waals surface area contributed by atoms with Crippen LogP contribution in [0.5, 0.6) is 0 Å². The molecule has 4 nitrogen and oxygen atoms in total. The third kappa shape index (κ3) is 13.8. The summed E-state index contributed by atoms with van der Waals surface area (Å²) in [5.41, 5.74) is 0. The Balaban J connectivity index is 2.88. The SMILES string of the molecule is COCCOCCCCNCCCN(C)C. The number of hydrogen-bond acceptors (Lipinski definition) is 4. The highest BCUT2D eigenvalue weighted by molar-refractivity contribution is 4.51. The maximum atomic E-state index is 5.37. The molecular formula is C12H28N2O2. The zero-order valence-corrected chi connectivity index (χ0v) is 11.1. The molecule has 0 aromatic rings. The van der Waals surface area contributed by atoms with E-state index in [1.54, 1.807) is 7.11 Å². The van der Waals surface area contributed by atoms with Crippen LogP contribution in [0.1, 0.15) is 19.3 Å². The van der Waals surface area contributed by atoms with Gasteiger partial charge in [0.1, 0.15) is 0 Å². The first-order chi connectivity index (χ1) is 7.77. The Hall–Kier alpha value is -0.160. The molecule has 0 saturated heterocycles. The molecule has 4 heteroatoms. The molecule has 0 fully saturated rings. The molecule has 16 heavy (non-hydrogen) atoms. The predicted molar refractivity (Wildman–Crippen MR) is 68.0 cm³/mol. The number of nitrogens with zero attached hydrogens (tertiary/aromatic N) is 1. The van der Waals surface area contributed by atoms with Gasteiger partial charge in [-0.05, 0) is 53.0 Å². The van der Waals surface area contributed by atoms with Crippen molar-refractivity contribution in [1.82, 2.24) is 10.2 Å². The maximum absolute atomic E-state index is 5.37. The van der Waals surface area contributed by atoms with Gasteiger partial charge in [0.2, 0.25) is 0 Å². The Morgan fingerprint density at radius 3 is 2.38 bits per heavy atom. The number of rotatable bonds is 12. The number of nitrogens with one attached hydrogen (secondary N) is 1. The molecule has 0 heterocycles. The molecule has 0 aliphatic heterocycles. The monoisotopic (exact) mass is 232 g/mol. The first-order valence-electron chi connectivity index (χ1n) is 6.19. The van der Waals surface area contributed by atoms with Gasteiger partial charge in [-0.15, -0.1) is 0 Å². The standard InChI is InChI=1S/C12H28N2O2/c1-14(2)9-6-8-13-7-4-5-10-16-12-11-15-3/h13H,4-12H2,1-3H3. The Morgan fingerprint density at radius 2 is 1.69 bits per heavy atom. The van der Waals surface area contributed by atoms with E-state index in [0.29, 0.717) is 13.2 Å². The van der Waals surface area contributed by atoms with E-state index < -0.39 is 0 Å². The van der Waals surface area contributed by atoms with E-state index in [9.17, 15) is 0 Å². The van der Waals surface area contributed by atoms with Crippen molar-refractivity contribution in [3.8, 4) is 0 Å². The van der Waals surface area contributed by atoms with Gasteiger partial charge in [-0.2, -0.15) is 0 Å². The summed E-state index contributed by atoms with van der Waals surface area (Å²) < 4.78 is 10.3. The van der Waals surface area contributed by atoms with E-state index in [1.807, 2.05) is 0 Å². The minimum Gasteiger partial charge on any atom is -0.382 e. The summed E-state index contributed by atoms with van der Waals surface area (Å²) in [5.74, 6) is 0. The molecule has 0 aliphatic carbocycles. The minimum atomic E-state index is 0.697. The smallest absolute Gasteiger partial charge is 0.0700 e. The van der Waals surface area contributed by atoms with Crippen LogP contribution in [0.4, 0.5) is 0 Å². The fourth-order valence-electron chi connectivity index (χ4n) is 1.34. The average molecular weight is 232 g/mol. The van der Waals surface area contributed by atoms with Gasteiger partial charge in [-0.25, -0.2) is 0 Å². The lowest BCUT2D eigenvalue weighted by Crippen LogP contribution is -2.22. The van der Waals surface area contributed by atoms with E-state index in [4.69, 9.17) is 9.47 Å². The van der Waals surface area contributed by atoms with E-state index in [0.717, 1.165) is 32.7 Å². The molecule has 0 aromatic heterocycles. The molecule has 0 saturated carbocycles. The van der Waals surface area contributed by atoms with Gasteiger partial charge in [0.15, 0.2) is 0 Å². The Morgan fingerprint density at radius 1 is 0.938 bits per heavy atom. The summed E-state index contributed by atoms with van der Waals surface area (Å²) in [5, 5.41) is 3.44. The second-order valence-electron chi connectivity index (χ2n) is 4.22. The molecule has 0 unspecified atom stereocenters. The highest BCUT2D eigenvalue weighted by Crippen LogP contribution is 1.89. The molecule has 1 N–H and O–H groups in total. The Bertz CT molecular complexity index is 132. The minimum absolute atomic E-state index is 0.697. The first-order valence-corrected chi connectivity index (χ1v) is 6.19. The van der Waals surface area contributed by atoms with Crippen molar-refractivity contribution in [2.45, 2.75) is 19.3 Å². The van der Waals surface area contributed by atoms with Crippen LogP contribution in [0.2, 0.25) is 0 Å². The van der Waals surface area contributed by atoms with Crippen molar-refractivity contribution < 1.29 is 9.47 Å². The van der Waals surface area contributed by atoms with Gasteiger partial charge < -0.3 is 19.7 Å². The van der Waals surface area contributed by atoms with Gasteiger partial charge in [-0.3, -0.25) is 0 Å². The summed E-state index contributed by atoms with van der Waals surface area (Å²) in [7, 11) is 5.91. The van der Waals surface area contributed by atoms with Crippen LogP contribution in [-0.2, 0) is 9.47 Å². The second kappa shape index (κ2) is 12.9. The lowest BCUT2D eigenvalue weighted by atomic mass is 10.3. The number of ether oxygens (including phenoxy) is 2. The number of unbranched alkanes of at least 4 members (excludes halogenated alkanes) is 1. The topological polar surface area (TPSA) is 33.7 Å². The summed E-state index contributed by atoms with van der Waals surface area (Å²) in [6.45, 7) is 5.63. The quantitative estimate of drug-likeness (QED) is 0.508. The molecule has 0 radical (unpaired) electrons. The van der Waals surface area contributed by atoms with Gasteiger partial charge in [0.25, 0.3) is 0 Å². The number of methoxy groups -OCH3 is 1. The Kier molecular flexibility index (Phi) is 12.8. The fourth-order valence-corrected chi connectivity index (χ4v) is 1.34. The van der Waals surface area contributed by atoms with Gasteiger partial charge in [0.05, 0.1) is 13.2 Å². The van der Waals surface area contributed by atoms with Gasteiger partial charge >= 0.3 is 0 Å². The van der Waals surface area contributed by atoms with Crippen molar-refractivity contribution in [1.29, 1.82) is 0 Å². The number of hydrogen-bond donors (Lipinski definition) is 1. The largest absolute Gasteiger partial charge is 0.382 e. The van der Waals surface area contributed by atoms with Crippen molar-refractivity contribution in [3.05, 3.63) is 0 Å². The molecular weight excluding hydrogens is 204 g/mol. The van der Waals surface area contributed by atoms with Crippen molar-refractivity contribution in [2.24, 2.45) is 0 Å². The zero-order valence-electron chi connectivity index (χ0n) is 11.1. The molecule has 98 valence electrons. The van der Waals surface area contributed by atoms with Crippen LogP contribution in [0.3, 0.4) is 0 Å². The molecule has 0 spiro atoms. The van der Waals surface area contributed by atoms with Crippen molar-refractivity contribution in [3.63, 3.8) is 0 Å². The molecule has 0 rings (SSSR count). The second-order valence-corrected chi connectivity index (χ2v) is 4.22. The van der Waals surface area contributed by atoms with Crippen LogP contribution in [0.25, 0.3) is 0 Å². The van der Waals surface area contributed by atoms with Gasteiger partial charge in [-0.1, -0.05) is 0 Å². The lowest BCUT2D eigenvalue weighted by molar-refractivity contribution is 0.0688.